The third-order valence-electron chi connectivity index (χ3n) is 2.88. The van der Waals surface area contributed by atoms with Crippen LogP contribution in [0.15, 0.2) is 35.3 Å². The standard InChI is InChI=1S/C14H17N3O3/c1-10(9-20-2)16-14(19)8-17-12-6-4-3-5-11(12)13(18)7-15-17/h3-7,10H,8-9H2,1-2H3,(H,16,19)/t10-/m0/s1. The summed E-state index contributed by atoms with van der Waals surface area (Å²) < 4.78 is 6.48. The van der Waals surface area contributed by atoms with E-state index in [1.54, 1.807) is 25.3 Å². The lowest BCUT2D eigenvalue weighted by Crippen LogP contribution is -2.38. The highest BCUT2D eigenvalue weighted by molar-refractivity contribution is 5.81. The molecule has 0 aliphatic carbocycles. The van der Waals surface area contributed by atoms with Gasteiger partial charge in [0.2, 0.25) is 11.3 Å². The summed E-state index contributed by atoms with van der Waals surface area (Å²) in [6, 6.07) is 7.02. The summed E-state index contributed by atoms with van der Waals surface area (Å²) >= 11 is 0. The smallest absolute Gasteiger partial charge is 0.242 e. The minimum atomic E-state index is -0.171. The maximum Gasteiger partial charge on any atom is 0.242 e. The van der Waals surface area contributed by atoms with Gasteiger partial charge in [-0.1, -0.05) is 12.1 Å². The summed E-state index contributed by atoms with van der Waals surface area (Å²) in [5.74, 6) is -0.171. The summed E-state index contributed by atoms with van der Waals surface area (Å²) in [7, 11) is 1.58. The van der Waals surface area contributed by atoms with Crippen LogP contribution in [0.4, 0.5) is 0 Å². The minimum Gasteiger partial charge on any atom is -0.383 e. The molecule has 0 aliphatic rings. The van der Waals surface area contributed by atoms with E-state index in [1.807, 2.05) is 13.0 Å². The number of ether oxygens (including phenoxy) is 1. The molecule has 6 heteroatoms. The van der Waals surface area contributed by atoms with E-state index in [1.165, 1.54) is 10.9 Å². The van der Waals surface area contributed by atoms with Gasteiger partial charge >= 0.3 is 0 Å². The second kappa shape index (κ2) is 6.29. The largest absolute Gasteiger partial charge is 0.383 e. The molecule has 0 saturated carbocycles. The van der Waals surface area contributed by atoms with E-state index in [0.717, 1.165) is 0 Å². The second-order valence-electron chi connectivity index (χ2n) is 4.61. The molecule has 0 bridgehead atoms. The fraction of sp³-hybridized carbons (Fsp3) is 0.357. The number of nitrogens with zero attached hydrogens (tertiary/aromatic N) is 2. The van der Waals surface area contributed by atoms with Crippen LogP contribution >= 0.6 is 0 Å². The Bertz CT molecular complexity index is 666. The van der Waals surface area contributed by atoms with Gasteiger partial charge in [0, 0.05) is 18.5 Å². The van der Waals surface area contributed by atoms with Crippen LogP contribution in [0.5, 0.6) is 0 Å². The molecule has 0 aliphatic heterocycles. The molecule has 2 aromatic rings. The van der Waals surface area contributed by atoms with Crippen molar-refractivity contribution in [1.82, 2.24) is 15.1 Å². The van der Waals surface area contributed by atoms with Crippen LogP contribution in [0, 0.1) is 0 Å². The van der Waals surface area contributed by atoms with Gasteiger partial charge in [0.15, 0.2) is 0 Å². The Morgan fingerprint density at radius 3 is 2.95 bits per heavy atom. The van der Waals surface area contributed by atoms with E-state index >= 15 is 0 Å². The molecular formula is C14H17N3O3. The van der Waals surface area contributed by atoms with Crippen molar-refractivity contribution in [2.75, 3.05) is 13.7 Å². The first-order valence-corrected chi connectivity index (χ1v) is 6.35. The van der Waals surface area contributed by atoms with Crippen LogP contribution in [-0.4, -0.2) is 35.4 Å². The maximum atomic E-state index is 11.9. The molecule has 1 amide bonds. The van der Waals surface area contributed by atoms with Crippen molar-refractivity contribution in [3.05, 3.63) is 40.7 Å². The maximum absolute atomic E-state index is 11.9. The molecule has 0 spiro atoms. The third-order valence-corrected chi connectivity index (χ3v) is 2.88. The van der Waals surface area contributed by atoms with Crippen LogP contribution in [-0.2, 0) is 16.1 Å². The molecule has 0 fully saturated rings. The van der Waals surface area contributed by atoms with Gasteiger partial charge in [-0.15, -0.1) is 0 Å². The number of fused-ring (bicyclic) bond motifs is 1. The minimum absolute atomic E-state index is 0.0643. The predicted octanol–water partition coefficient (Wildman–Crippen LogP) is 0.548. The van der Waals surface area contributed by atoms with E-state index in [2.05, 4.69) is 10.4 Å². The lowest BCUT2D eigenvalue weighted by molar-refractivity contribution is -0.122. The fourth-order valence-electron chi connectivity index (χ4n) is 2.04. The Kier molecular flexibility index (Phi) is 4.47. The Hall–Kier alpha value is -2.21. The van der Waals surface area contributed by atoms with Gasteiger partial charge in [-0.2, -0.15) is 5.10 Å². The van der Waals surface area contributed by atoms with Gasteiger partial charge in [0.05, 0.1) is 18.3 Å². The number of hydrogen-bond acceptors (Lipinski definition) is 4. The van der Waals surface area contributed by atoms with Gasteiger partial charge in [-0.3, -0.25) is 14.3 Å². The summed E-state index contributed by atoms with van der Waals surface area (Å²) in [4.78, 5) is 23.6. The van der Waals surface area contributed by atoms with Crippen molar-refractivity contribution in [3.63, 3.8) is 0 Å². The summed E-state index contributed by atoms with van der Waals surface area (Å²) in [6.07, 6.45) is 1.23. The molecule has 1 heterocycles. The number of rotatable bonds is 5. The summed E-state index contributed by atoms with van der Waals surface area (Å²) in [6.45, 7) is 2.37. The highest BCUT2D eigenvalue weighted by atomic mass is 16.5. The fourth-order valence-corrected chi connectivity index (χ4v) is 2.04. The average molecular weight is 275 g/mol. The zero-order valence-electron chi connectivity index (χ0n) is 11.5. The SMILES string of the molecule is COC[C@H](C)NC(=O)Cn1ncc(=O)c2ccccc21. The highest BCUT2D eigenvalue weighted by Crippen LogP contribution is 2.07. The van der Waals surface area contributed by atoms with E-state index < -0.39 is 0 Å². The molecule has 0 saturated heterocycles. The lowest BCUT2D eigenvalue weighted by Gasteiger charge is -2.14. The predicted molar refractivity (Wildman–Crippen MR) is 75.5 cm³/mol. The van der Waals surface area contributed by atoms with E-state index in [0.29, 0.717) is 17.5 Å². The third kappa shape index (κ3) is 3.21. The Labute approximate surface area is 116 Å². The molecule has 1 atom stereocenters. The van der Waals surface area contributed by atoms with Crippen LogP contribution < -0.4 is 10.7 Å². The van der Waals surface area contributed by atoms with Gasteiger partial charge in [0.25, 0.3) is 0 Å². The van der Waals surface area contributed by atoms with E-state index in [-0.39, 0.29) is 23.9 Å². The number of benzene rings is 1. The first-order chi connectivity index (χ1) is 9.61. The highest BCUT2D eigenvalue weighted by Gasteiger charge is 2.10. The summed E-state index contributed by atoms with van der Waals surface area (Å²) in [5.41, 5.74) is 0.500. The number of aromatic nitrogens is 2. The lowest BCUT2D eigenvalue weighted by atomic mass is 10.2. The van der Waals surface area contributed by atoms with Crippen molar-refractivity contribution in [1.29, 1.82) is 0 Å². The number of hydrogen-bond donors (Lipinski definition) is 1. The second-order valence-corrected chi connectivity index (χ2v) is 4.61. The monoisotopic (exact) mass is 275 g/mol. The quantitative estimate of drug-likeness (QED) is 0.864. The normalized spacial score (nSPS) is 12.3. The van der Waals surface area contributed by atoms with Crippen molar-refractivity contribution < 1.29 is 9.53 Å². The first-order valence-electron chi connectivity index (χ1n) is 6.35. The molecule has 1 aromatic carbocycles. The number of carbonyl (C=O) groups excluding carboxylic acids is 1. The van der Waals surface area contributed by atoms with Crippen molar-refractivity contribution in [3.8, 4) is 0 Å². The average Bonchev–Trinajstić information content (AvgIpc) is 2.42. The van der Waals surface area contributed by atoms with Crippen molar-refractivity contribution in [2.45, 2.75) is 19.5 Å². The van der Waals surface area contributed by atoms with Crippen molar-refractivity contribution >= 4 is 16.8 Å². The number of nitrogens with one attached hydrogen (secondary N) is 1. The van der Waals surface area contributed by atoms with Gasteiger partial charge in [0.1, 0.15) is 6.54 Å². The van der Waals surface area contributed by atoms with E-state index in [4.69, 9.17) is 4.74 Å². The molecule has 0 radical (unpaired) electrons. The van der Waals surface area contributed by atoms with Gasteiger partial charge < -0.3 is 10.1 Å². The topological polar surface area (TPSA) is 73.2 Å². The summed E-state index contributed by atoms with van der Waals surface area (Å²) in [5, 5.41) is 7.37. The Balaban J connectivity index is 2.20. The zero-order chi connectivity index (χ0) is 14.5. The number of amides is 1. The Morgan fingerprint density at radius 2 is 2.20 bits per heavy atom. The van der Waals surface area contributed by atoms with Crippen LogP contribution in [0.25, 0.3) is 10.9 Å². The van der Waals surface area contributed by atoms with Gasteiger partial charge in [-0.25, -0.2) is 0 Å². The van der Waals surface area contributed by atoms with Crippen LogP contribution in [0.1, 0.15) is 6.92 Å². The molecule has 6 nitrogen and oxygen atoms in total. The zero-order valence-corrected chi connectivity index (χ0v) is 11.5. The number of para-hydroxylation sites is 1. The van der Waals surface area contributed by atoms with Gasteiger partial charge in [-0.05, 0) is 19.1 Å². The molecule has 20 heavy (non-hydrogen) atoms. The van der Waals surface area contributed by atoms with Crippen LogP contribution in [0.2, 0.25) is 0 Å². The molecule has 1 aromatic heterocycles. The molecular weight excluding hydrogens is 258 g/mol. The molecule has 2 rings (SSSR count). The van der Waals surface area contributed by atoms with E-state index in [9.17, 15) is 9.59 Å². The molecule has 106 valence electrons. The van der Waals surface area contributed by atoms with Crippen LogP contribution in [0.3, 0.4) is 0 Å². The molecule has 1 N–H and O–H groups in total. The Morgan fingerprint density at radius 1 is 1.45 bits per heavy atom. The number of methoxy groups -OCH3 is 1. The first kappa shape index (κ1) is 14.2. The number of carbonyl (C=O) groups is 1. The molecule has 0 unspecified atom stereocenters. The van der Waals surface area contributed by atoms with Crippen molar-refractivity contribution in [2.24, 2.45) is 0 Å².